The predicted octanol–water partition coefficient (Wildman–Crippen LogP) is 4.06. The van der Waals surface area contributed by atoms with Crippen molar-refractivity contribution >= 4 is 22.7 Å². The fourth-order valence-electron chi connectivity index (χ4n) is 5.01. The largest absolute Gasteiger partial charge is 0.407 e. The Balaban J connectivity index is 2.14. The molecule has 0 spiro atoms. The van der Waals surface area contributed by atoms with Crippen molar-refractivity contribution in [2.75, 3.05) is 12.3 Å². The highest BCUT2D eigenvalue weighted by atomic mass is 28.4. The van der Waals surface area contributed by atoms with Crippen molar-refractivity contribution in [2.45, 2.75) is 122 Å². The van der Waals surface area contributed by atoms with E-state index in [1.54, 1.807) is 0 Å². The lowest BCUT2D eigenvalue weighted by Crippen LogP contribution is -2.66. The molecular formula is C24H45N3O6Si2. The molecule has 2 aliphatic heterocycles. The number of fused-ring (bicyclic) bond motifs is 1. The Morgan fingerprint density at radius 2 is 1.74 bits per heavy atom. The van der Waals surface area contributed by atoms with Crippen molar-refractivity contribution < 1.29 is 23.1 Å². The van der Waals surface area contributed by atoms with Crippen LogP contribution in [-0.4, -0.2) is 56.5 Å². The normalized spacial score (nSPS) is 27.7. The van der Waals surface area contributed by atoms with E-state index in [1.807, 2.05) is 0 Å². The molecule has 0 aliphatic carbocycles. The van der Waals surface area contributed by atoms with Crippen LogP contribution in [0, 0.1) is 0 Å². The average molecular weight is 528 g/mol. The highest BCUT2D eigenvalue weighted by Gasteiger charge is 2.65. The number of aliphatic hydroxyl groups is 1. The zero-order valence-corrected chi connectivity index (χ0v) is 25.3. The minimum Gasteiger partial charge on any atom is -0.407 e. The fourth-order valence-corrected chi connectivity index (χ4v) is 11.3. The van der Waals surface area contributed by atoms with E-state index in [-0.39, 0.29) is 27.5 Å². The van der Waals surface area contributed by atoms with Crippen LogP contribution in [-0.2, 0) is 24.6 Å². The van der Waals surface area contributed by atoms with Gasteiger partial charge in [-0.1, -0.05) is 62.3 Å². The summed E-state index contributed by atoms with van der Waals surface area (Å²) in [6, 6.07) is 0. The molecule has 2 saturated heterocycles. The molecule has 35 heavy (non-hydrogen) atoms. The lowest BCUT2D eigenvalue weighted by Gasteiger charge is -2.54. The van der Waals surface area contributed by atoms with Gasteiger partial charge in [0.2, 0.25) is 0 Å². The van der Waals surface area contributed by atoms with E-state index in [9.17, 15) is 9.90 Å². The predicted molar refractivity (Wildman–Crippen MR) is 141 cm³/mol. The summed E-state index contributed by atoms with van der Waals surface area (Å²) in [6.45, 7) is 23.9. The number of rotatable bonds is 4. The van der Waals surface area contributed by atoms with Crippen LogP contribution in [0.1, 0.15) is 74.1 Å². The molecule has 3 N–H and O–H groups in total. The van der Waals surface area contributed by atoms with Gasteiger partial charge in [0.15, 0.2) is 14.5 Å². The number of hydrogen-bond acceptors (Lipinski definition) is 8. The molecule has 0 bridgehead atoms. The molecule has 1 aromatic heterocycles. The second-order valence-electron chi connectivity index (χ2n) is 13.4. The second-order valence-corrected chi connectivity index (χ2v) is 22.9. The van der Waals surface area contributed by atoms with Crippen molar-refractivity contribution in [1.29, 1.82) is 0 Å². The van der Waals surface area contributed by atoms with Gasteiger partial charge in [0, 0.05) is 21.8 Å². The smallest absolute Gasteiger partial charge is 0.351 e. The topological polar surface area (TPSA) is 118 Å². The third-order valence-electron chi connectivity index (χ3n) is 7.76. The van der Waals surface area contributed by atoms with Crippen LogP contribution >= 0.6 is 0 Å². The van der Waals surface area contributed by atoms with Gasteiger partial charge in [0.05, 0.1) is 13.2 Å². The third kappa shape index (κ3) is 4.93. The number of ether oxygens (including phenoxy) is 1. The molecular weight excluding hydrogens is 482 g/mol. The summed E-state index contributed by atoms with van der Waals surface area (Å²) in [5.41, 5.74) is 5.66. The van der Waals surface area contributed by atoms with E-state index in [0.717, 1.165) is 0 Å². The van der Waals surface area contributed by atoms with Crippen molar-refractivity contribution in [3.63, 3.8) is 0 Å². The van der Waals surface area contributed by atoms with E-state index in [2.05, 4.69) is 80.4 Å². The molecule has 2 aliphatic rings. The van der Waals surface area contributed by atoms with Gasteiger partial charge in [-0.25, -0.2) is 4.79 Å². The van der Waals surface area contributed by atoms with Gasteiger partial charge in [-0.2, -0.15) is 4.98 Å². The van der Waals surface area contributed by atoms with E-state index in [4.69, 9.17) is 23.7 Å². The molecule has 9 nitrogen and oxygen atoms in total. The van der Waals surface area contributed by atoms with Gasteiger partial charge in [0.1, 0.15) is 24.1 Å². The molecule has 0 unspecified atom stereocenters. The Bertz CT molecular complexity index is 979. The summed E-state index contributed by atoms with van der Waals surface area (Å²) in [5, 5.41) is 9.27. The third-order valence-corrected chi connectivity index (χ3v) is 17.4. The maximum absolute atomic E-state index is 13.0. The Morgan fingerprint density at radius 3 is 2.23 bits per heavy atom. The number of aliphatic hydroxyl groups excluding tert-OH is 1. The van der Waals surface area contributed by atoms with Crippen LogP contribution in [0.3, 0.4) is 0 Å². The summed E-state index contributed by atoms with van der Waals surface area (Å²) in [4.78, 5) is 16.9. The van der Waals surface area contributed by atoms with Crippen LogP contribution < -0.4 is 11.4 Å². The summed E-state index contributed by atoms with van der Waals surface area (Å²) in [5.74, 6) is 0.0116. The van der Waals surface area contributed by atoms with Crippen molar-refractivity contribution in [2.24, 2.45) is 0 Å². The zero-order chi connectivity index (χ0) is 26.8. The SMILES string of the molecule is CC(C)(C)[Si](C)(C)O[C@@H]1[C@@H]2O[Si](C(C)(C)C)(C(C)(C)C)OC[C@H]2O[C@H]1n1cc(CO)c(N)nc1=O. The Hall–Kier alpha value is -1.09. The minimum absolute atomic E-state index is 0.0116. The number of nitrogen functional groups attached to an aromatic ring is 1. The number of anilines is 1. The van der Waals surface area contributed by atoms with Gasteiger partial charge in [-0.3, -0.25) is 4.57 Å². The monoisotopic (exact) mass is 527 g/mol. The molecule has 200 valence electrons. The van der Waals surface area contributed by atoms with Crippen molar-refractivity contribution in [3.05, 3.63) is 22.2 Å². The first kappa shape index (κ1) is 28.5. The first-order valence-electron chi connectivity index (χ1n) is 12.4. The van der Waals surface area contributed by atoms with E-state index < -0.39 is 47.1 Å². The highest BCUT2D eigenvalue weighted by Crippen LogP contribution is 2.56. The first-order valence-corrected chi connectivity index (χ1v) is 17.1. The molecule has 2 fully saturated rings. The molecule has 4 atom stereocenters. The Kier molecular flexibility index (Phi) is 7.35. The average Bonchev–Trinajstić information content (AvgIpc) is 3.02. The number of aromatic nitrogens is 2. The van der Waals surface area contributed by atoms with E-state index in [1.165, 1.54) is 10.8 Å². The molecule has 11 heteroatoms. The van der Waals surface area contributed by atoms with Crippen LogP contribution in [0.2, 0.25) is 28.2 Å². The number of nitrogens with two attached hydrogens (primary N) is 1. The molecule has 3 rings (SSSR count). The van der Waals surface area contributed by atoms with Crippen LogP contribution in [0.4, 0.5) is 5.82 Å². The molecule has 1 aromatic rings. The summed E-state index contributed by atoms with van der Waals surface area (Å²) in [7, 11) is -5.12. The zero-order valence-electron chi connectivity index (χ0n) is 23.3. The van der Waals surface area contributed by atoms with Gasteiger partial charge in [0.25, 0.3) is 0 Å². The standard InChI is InChI=1S/C24H45N3O6Si2/c1-22(2,3)34(10,11)32-18-17-16(14-30-35(33-17,23(4,5)6)24(7,8)9)31-20(18)27-12-15(13-28)19(25)26-21(27)29/h12,16-18,20,28H,13-14H2,1-11H3,(H2,25,26,29)/t16-,17-,18-,20-/m1/s1. The van der Waals surface area contributed by atoms with E-state index in [0.29, 0.717) is 12.2 Å². The molecule has 0 radical (unpaired) electrons. The fraction of sp³-hybridized carbons (Fsp3) is 0.833. The quantitative estimate of drug-likeness (QED) is 0.563. The summed E-state index contributed by atoms with van der Waals surface area (Å²) in [6.07, 6.45) is -0.611. The maximum atomic E-state index is 13.0. The maximum Gasteiger partial charge on any atom is 0.351 e. The van der Waals surface area contributed by atoms with Gasteiger partial charge < -0.3 is 28.9 Å². The minimum atomic E-state index is -2.81. The Morgan fingerprint density at radius 1 is 1.17 bits per heavy atom. The van der Waals surface area contributed by atoms with Crippen LogP contribution in [0.5, 0.6) is 0 Å². The van der Waals surface area contributed by atoms with Crippen LogP contribution in [0.15, 0.2) is 11.0 Å². The lowest BCUT2D eigenvalue weighted by molar-refractivity contribution is -0.0809. The molecule has 0 aromatic carbocycles. The lowest BCUT2D eigenvalue weighted by atomic mass is 10.1. The van der Waals surface area contributed by atoms with Crippen molar-refractivity contribution in [1.82, 2.24) is 9.55 Å². The molecule has 0 saturated carbocycles. The molecule has 0 amide bonds. The first-order chi connectivity index (χ1) is 15.8. The van der Waals surface area contributed by atoms with Crippen LogP contribution in [0.25, 0.3) is 0 Å². The number of hydrogen-bond donors (Lipinski definition) is 2. The summed E-state index contributed by atoms with van der Waals surface area (Å²) < 4.78 is 28.4. The Labute approximate surface area is 211 Å². The second kappa shape index (κ2) is 9.03. The van der Waals surface area contributed by atoms with E-state index >= 15 is 0 Å². The summed E-state index contributed by atoms with van der Waals surface area (Å²) >= 11 is 0. The van der Waals surface area contributed by atoms with Gasteiger partial charge >= 0.3 is 14.3 Å². The number of nitrogens with zero attached hydrogens (tertiary/aromatic N) is 2. The molecule has 3 heterocycles. The van der Waals surface area contributed by atoms with Gasteiger partial charge in [-0.05, 0) is 18.1 Å². The van der Waals surface area contributed by atoms with Crippen molar-refractivity contribution in [3.8, 4) is 0 Å². The van der Waals surface area contributed by atoms with Gasteiger partial charge in [-0.15, -0.1) is 0 Å². The highest BCUT2D eigenvalue weighted by molar-refractivity contribution is 6.74.